The number of rotatable bonds is 7. The van der Waals surface area contributed by atoms with Crippen molar-refractivity contribution in [2.24, 2.45) is 0 Å². The fraction of sp³-hybridized carbons (Fsp3) is 0.500. The van der Waals surface area contributed by atoms with E-state index in [4.69, 9.17) is 0 Å². The number of hydrogen-bond acceptors (Lipinski definition) is 3. The minimum atomic E-state index is -3.11. The average molecular weight is 241 g/mol. The van der Waals surface area contributed by atoms with Gasteiger partial charge in [0.05, 0.1) is 10.6 Å². The van der Waals surface area contributed by atoms with Crippen LogP contribution in [0.2, 0.25) is 0 Å². The van der Waals surface area contributed by atoms with E-state index in [1.54, 1.807) is 24.3 Å². The Kier molecular flexibility index (Phi) is 5.49. The topological polar surface area (TPSA) is 46.2 Å². The van der Waals surface area contributed by atoms with Crippen molar-refractivity contribution in [2.75, 3.05) is 18.8 Å². The van der Waals surface area contributed by atoms with Crippen molar-refractivity contribution in [3.63, 3.8) is 0 Å². The largest absolute Gasteiger partial charge is 0.316 e. The predicted molar refractivity (Wildman–Crippen MR) is 66.3 cm³/mol. The van der Waals surface area contributed by atoms with Gasteiger partial charge in [-0.3, -0.25) is 0 Å². The molecule has 0 amide bonds. The van der Waals surface area contributed by atoms with Gasteiger partial charge in [0.2, 0.25) is 0 Å². The maximum atomic E-state index is 11.8. The van der Waals surface area contributed by atoms with Gasteiger partial charge < -0.3 is 5.32 Å². The van der Waals surface area contributed by atoms with Crippen molar-refractivity contribution in [2.45, 2.75) is 24.7 Å². The maximum Gasteiger partial charge on any atom is 0.179 e. The molecule has 0 aromatic heterocycles. The van der Waals surface area contributed by atoms with Crippen molar-refractivity contribution in [3.05, 3.63) is 30.3 Å². The number of sulfone groups is 1. The summed E-state index contributed by atoms with van der Waals surface area (Å²) in [5.41, 5.74) is 0. The summed E-state index contributed by atoms with van der Waals surface area (Å²) in [5, 5.41) is 3.13. The standard InChI is InChI=1S/C12H19NO2S/c1-2-3-9-13-10-11-16(14,15)12-7-5-4-6-8-12/h4-8,13H,2-3,9-11H2,1H3. The first-order valence-electron chi connectivity index (χ1n) is 5.65. The molecule has 3 nitrogen and oxygen atoms in total. The Morgan fingerprint density at radius 2 is 1.81 bits per heavy atom. The molecular formula is C12H19NO2S. The molecule has 0 spiro atoms. The molecule has 0 radical (unpaired) electrons. The normalized spacial score (nSPS) is 11.6. The summed E-state index contributed by atoms with van der Waals surface area (Å²) < 4.78 is 23.6. The lowest BCUT2D eigenvalue weighted by Gasteiger charge is -2.05. The molecule has 0 atom stereocenters. The van der Waals surface area contributed by atoms with E-state index in [9.17, 15) is 8.42 Å². The Labute approximate surface area is 97.8 Å². The molecule has 1 aromatic carbocycles. The second-order valence-electron chi connectivity index (χ2n) is 3.74. The molecule has 0 aliphatic rings. The van der Waals surface area contributed by atoms with Crippen LogP contribution in [0.3, 0.4) is 0 Å². The van der Waals surface area contributed by atoms with Crippen molar-refractivity contribution in [1.82, 2.24) is 5.32 Å². The highest BCUT2D eigenvalue weighted by Gasteiger charge is 2.12. The summed E-state index contributed by atoms with van der Waals surface area (Å²) in [6, 6.07) is 8.59. The van der Waals surface area contributed by atoms with E-state index >= 15 is 0 Å². The smallest absolute Gasteiger partial charge is 0.179 e. The molecule has 16 heavy (non-hydrogen) atoms. The zero-order valence-electron chi connectivity index (χ0n) is 9.65. The van der Waals surface area contributed by atoms with E-state index in [2.05, 4.69) is 12.2 Å². The number of benzene rings is 1. The van der Waals surface area contributed by atoms with Gasteiger partial charge >= 0.3 is 0 Å². The third kappa shape index (κ3) is 4.33. The SMILES string of the molecule is CCCCNCCS(=O)(=O)c1ccccc1. The van der Waals surface area contributed by atoms with Crippen LogP contribution in [-0.2, 0) is 9.84 Å². The minimum absolute atomic E-state index is 0.167. The molecule has 1 rings (SSSR count). The Balaban J connectivity index is 2.41. The highest BCUT2D eigenvalue weighted by molar-refractivity contribution is 7.91. The van der Waals surface area contributed by atoms with Crippen LogP contribution in [0.4, 0.5) is 0 Å². The van der Waals surface area contributed by atoms with Gasteiger partial charge in [-0.1, -0.05) is 31.5 Å². The van der Waals surface area contributed by atoms with Gasteiger partial charge in [0.25, 0.3) is 0 Å². The van der Waals surface area contributed by atoms with Gasteiger partial charge in [0.15, 0.2) is 9.84 Å². The Hall–Kier alpha value is -0.870. The second-order valence-corrected chi connectivity index (χ2v) is 5.84. The van der Waals surface area contributed by atoms with Crippen LogP contribution in [0.5, 0.6) is 0 Å². The molecule has 0 unspecified atom stereocenters. The Morgan fingerprint density at radius 1 is 1.12 bits per heavy atom. The van der Waals surface area contributed by atoms with Gasteiger partial charge in [-0.05, 0) is 25.1 Å². The third-order valence-electron chi connectivity index (χ3n) is 2.36. The lowest BCUT2D eigenvalue weighted by Crippen LogP contribution is -2.23. The first kappa shape index (κ1) is 13.2. The Bertz CT molecular complexity index is 387. The number of hydrogen-bond donors (Lipinski definition) is 1. The third-order valence-corrected chi connectivity index (χ3v) is 4.09. The lowest BCUT2D eigenvalue weighted by molar-refractivity contribution is 0.588. The van der Waals surface area contributed by atoms with E-state index in [1.807, 2.05) is 6.07 Å². The van der Waals surface area contributed by atoms with Crippen LogP contribution in [0, 0.1) is 0 Å². The molecule has 0 aliphatic heterocycles. The molecule has 4 heteroatoms. The van der Waals surface area contributed by atoms with Crippen LogP contribution in [0.15, 0.2) is 35.2 Å². The zero-order chi connectivity index (χ0) is 11.9. The van der Waals surface area contributed by atoms with Gasteiger partial charge in [0.1, 0.15) is 0 Å². The number of nitrogens with one attached hydrogen (secondary N) is 1. The molecule has 1 N–H and O–H groups in total. The molecule has 0 heterocycles. The maximum absolute atomic E-state index is 11.8. The van der Waals surface area contributed by atoms with Gasteiger partial charge in [-0.15, -0.1) is 0 Å². The quantitative estimate of drug-likeness (QED) is 0.741. The molecule has 0 bridgehead atoms. The summed E-state index contributed by atoms with van der Waals surface area (Å²) in [7, 11) is -3.11. The van der Waals surface area contributed by atoms with E-state index < -0.39 is 9.84 Å². The van der Waals surface area contributed by atoms with E-state index in [1.165, 1.54) is 0 Å². The fourth-order valence-corrected chi connectivity index (χ4v) is 2.60. The van der Waals surface area contributed by atoms with Crippen LogP contribution >= 0.6 is 0 Å². The second kappa shape index (κ2) is 6.66. The van der Waals surface area contributed by atoms with Crippen molar-refractivity contribution in [1.29, 1.82) is 0 Å². The fourth-order valence-electron chi connectivity index (χ4n) is 1.38. The van der Waals surface area contributed by atoms with Crippen molar-refractivity contribution >= 4 is 9.84 Å². The van der Waals surface area contributed by atoms with Gasteiger partial charge in [-0.2, -0.15) is 0 Å². The van der Waals surface area contributed by atoms with E-state index in [-0.39, 0.29) is 5.75 Å². The first-order chi connectivity index (χ1) is 7.67. The molecule has 1 aromatic rings. The van der Waals surface area contributed by atoms with Crippen molar-refractivity contribution < 1.29 is 8.42 Å². The lowest BCUT2D eigenvalue weighted by atomic mass is 10.3. The van der Waals surface area contributed by atoms with Crippen LogP contribution in [0.1, 0.15) is 19.8 Å². The van der Waals surface area contributed by atoms with Crippen LogP contribution < -0.4 is 5.32 Å². The highest BCUT2D eigenvalue weighted by Crippen LogP contribution is 2.09. The van der Waals surface area contributed by atoms with Crippen LogP contribution in [0.25, 0.3) is 0 Å². The number of unbranched alkanes of at least 4 members (excludes halogenated alkanes) is 1. The molecule has 90 valence electrons. The van der Waals surface area contributed by atoms with Gasteiger partial charge in [-0.25, -0.2) is 8.42 Å². The molecule has 0 saturated carbocycles. The predicted octanol–water partition coefficient (Wildman–Crippen LogP) is 1.85. The summed E-state index contributed by atoms with van der Waals surface area (Å²) in [5.74, 6) is 0.167. The van der Waals surface area contributed by atoms with E-state index in [0.717, 1.165) is 19.4 Å². The Morgan fingerprint density at radius 3 is 2.44 bits per heavy atom. The monoisotopic (exact) mass is 241 g/mol. The minimum Gasteiger partial charge on any atom is -0.316 e. The molecular weight excluding hydrogens is 222 g/mol. The van der Waals surface area contributed by atoms with Crippen LogP contribution in [-0.4, -0.2) is 27.3 Å². The zero-order valence-corrected chi connectivity index (χ0v) is 10.5. The van der Waals surface area contributed by atoms with E-state index in [0.29, 0.717) is 11.4 Å². The molecule has 0 fully saturated rings. The first-order valence-corrected chi connectivity index (χ1v) is 7.30. The summed E-state index contributed by atoms with van der Waals surface area (Å²) in [4.78, 5) is 0.410. The molecule has 0 saturated heterocycles. The highest BCUT2D eigenvalue weighted by atomic mass is 32.2. The average Bonchev–Trinajstić information content (AvgIpc) is 2.30. The summed E-state index contributed by atoms with van der Waals surface area (Å²) >= 11 is 0. The van der Waals surface area contributed by atoms with Gasteiger partial charge in [0, 0.05) is 6.54 Å². The van der Waals surface area contributed by atoms with Crippen molar-refractivity contribution in [3.8, 4) is 0 Å². The summed E-state index contributed by atoms with van der Waals surface area (Å²) in [6.07, 6.45) is 2.21. The molecule has 0 aliphatic carbocycles. The summed E-state index contributed by atoms with van der Waals surface area (Å²) in [6.45, 7) is 3.53.